The molecule has 146 valence electrons. The molecule has 0 amide bonds. The minimum atomic E-state index is -3.17. The summed E-state index contributed by atoms with van der Waals surface area (Å²) in [6, 6.07) is 0.421. The molecule has 0 radical (unpaired) electrons. The fourth-order valence-electron chi connectivity index (χ4n) is 3.99. The van der Waals surface area contributed by atoms with Crippen LogP contribution in [0.15, 0.2) is 4.99 Å². The quantitative estimate of drug-likeness (QED) is 0.569. The van der Waals surface area contributed by atoms with Crippen molar-refractivity contribution >= 4 is 15.8 Å². The van der Waals surface area contributed by atoms with E-state index in [9.17, 15) is 8.42 Å². The number of rotatable bonds is 5. The van der Waals surface area contributed by atoms with Crippen LogP contribution in [-0.4, -0.2) is 58.2 Å². The maximum atomic E-state index is 12.3. The van der Waals surface area contributed by atoms with Crippen molar-refractivity contribution in [1.82, 2.24) is 10.6 Å². The molecule has 25 heavy (non-hydrogen) atoms. The predicted molar refractivity (Wildman–Crippen MR) is 103 cm³/mol. The lowest BCUT2D eigenvalue weighted by Crippen LogP contribution is -2.55. The maximum Gasteiger partial charge on any atom is 0.191 e. The fraction of sp³-hybridized carbons (Fsp3) is 0.944. The molecule has 0 aromatic carbocycles. The van der Waals surface area contributed by atoms with Gasteiger partial charge in [0.15, 0.2) is 15.8 Å². The van der Waals surface area contributed by atoms with Gasteiger partial charge in [-0.1, -0.05) is 13.8 Å². The van der Waals surface area contributed by atoms with Gasteiger partial charge in [0, 0.05) is 39.1 Å². The van der Waals surface area contributed by atoms with Crippen LogP contribution in [0.4, 0.5) is 0 Å². The van der Waals surface area contributed by atoms with Gasteiger partial charge in [0.05, 0.1) is 4.75 Å². The third-order valence-electron chi connectivity index (χ3n) is 6.05. The molecular formula is C18H35N3O3S. The first-order valence-corrected chi connectivity index (χ1v) is 11.4. The smallest absolute Gasteiger partial charge is 0.191 e. The van der Waals surface area contributed by atoms with E-state index in [1.807, 2.05) is 0 Å². The second-order valence-corrected chi connectivity index (χ2v) is 10.4. The second-order valence-electron chi connectivity index (χ2n) is 7.99. The molecule has 0 spiro atoms. The third-order valence-corrected chi connectivity index (χ3v) is 8.17. The molecule has 0 aromatic rings. The zero-order chi connectivity index (χ0) is 18.5. The van der Waals surface area contributed by atoms with Gasteiger partial charge >= 0.3 is 0 Å². The first-order valence-electron chi connectivity index (χ1n) is 9.52. The molecule has 6 nitrogen and oxygen atoms in total. The summed E-state index contributed by atoms with van der Waals surface area (Å²) in [5.41, 5.74) is 0. The number of sulfone groups is 1. The van der Waals surface area contributed by atoms with Crippen LogP contribution in [0.3, 0.4) is 0 Å². The summed E-state index contributed by atoms with van der Waals surface area (Å²) in [4.78, 5) is 4.30. The maximum absolute atomic E-state index is 12.3. The molecule has 1 aliphatic heterocycles. The van der Waals surface area contributed by atoms with Gasteiger partial charge in [-0.15, -0.1) is 0 Å². The highest BCUT2D eigenvalue weighted by Gasteiger charge is 2.42. The van der Waals surface area contributed by atoms with Crippen LogP contribution >= 0.6 is 0 Å². The molecule has 0 bridgehead atoms. The number of guanidine groups is 1. The van der Waals surface area contributed by atoms with Crippen molar-refractivity contribution in [2.75, 3.05) is 33.1 Å². The second kappa shape index (κ2) is 8.71. The van der Waals surface area contributed by atoms with Gasteiger partial charge in [-0.25, -0.2) is 8.42 Å². The van der Waals surface area contributed by atoms with Gasteiger partial charge in [-0.2, -0.15) is 0 Å². The Balaban J connectivity index is 1.89. The number of nitrogens with zero attached hydrogens (tertiary/aromatic N) is 1. The van der Waals surface area contributed by atoms with Crippen LogP contribution in [0, 0.1) is 11.8 Å². The molecule has 1 aliphatic carbocycles. The Kier molecular flexibility index (Phi) is 7.14. The van der Waals surface area contributed by atoms with Gasteiger partial charge < -0.3 is 15.4 Å². The number of ether oxygens (including phenoxy) is 1. The summed E-state index contributed by atoms with van der Waals surface area (Å²) >= 11 is 0. The standard InChI is InChI=1S/C18H35N3O3S/c1-14(2)15-5-7-16(8-6-15)21-17(19-3)20-13-18(25(4,22)23)9-11-24-12-10-18/h14-16H,5-13H2,1-4H3,(H2,19,20,21). The summed E-state index contributed by atoms with van der Waals surface area (Å²) in [5.74, 6) is 2.29. The van der Waals surface area contributed by atoms with Gasteiger partial charge in [0.2, 0.25) is 0 Å². The van der Waals surface area contributed by atoms with Crippen molar-refractivity contribution in [2.24, 2.45) is 16.8 Å². The Morgan fingerprint density at radius 2 is 1.80 bits per heavy atom. The normalized spacial score (nSPS) is 28.0. The Labute approximate surface area is 153 Å². The van der Waals surface area contributed by atoms with Gasteiger partial charge in [-0.3, -0.25) is 4.99 Å². The number of aliphatic imine (C=N–C) groups is 1. The van der Waals surface area contributed by atoms with Gasteiger partial charge in [0.25, 0.3) is 0 Å². The van der Waals surface area contributed by atoms with Crippen LogP contribution < -0.4 is 10.6 Å². The average Bonchev–Trinajstić information content (AvgIpc) is 2.59. The van der Waals surface area contributed by atoms with Crippen molar-refractivity contribution in [3.05, 3.63) is 0 Å². The van der Waals surface area contributed by atoms with Gasteiger partial charge in [0.1, 0.15) is 0 Å². The van der Waals surface area contributed by atoms with Crippen LogP contribution in [-0.2, 0) is 14.6 Å². The predicted octanol–water partition coefficient (Wildman–Crippen LogP) is 1.96. The molecule has 0 atom stereocenters. The topological polar surface area (TPSA) is 79.8 Å². The molecule has 1 saturated heterocycles. The van der Waals surface area contributed by atoms with E-state index in [4.69, 9.17) is 4.74 Å². The first kappa shape index (κ1) is 20.5. The van der Waals surface area contributed by atoms with E-state index in [-0.39, 0.29) is 0 Å². The molecule has 0 aromatic heterocycles. The first-order chi connectivity index (χ1) is 11.8. The average molecular weight is 374 g/mol. The molecule has 1 heterocycles. The van der Waals surface area contributed by atoms with E-state index in [0.717, 1.165) is 24.7 Å². The fourth-order valence-corrected chi connectivity index (χ4v) is 5.23. The van der Waals surface area contributed by atoms with E-state index < -0.39 is 14.6 Å². The van der Waals surface area contributed by atoms with Gasteiger partial charge in [-0.05, 0) is 50.4 Å². The SMILES string of the molecule is CN=C(NCC1(S(C)(=O)=O)CCOCC1)NC1CCC(C(C)C)CC1. The van der Waals surface area contributed by atoms with E-state index >= 15 is 0 Å². The van der Waals surface area contributed by atoms with Crippen LogP contribution in [0.5, 0.6) is 0 Å². The monoisotopic (exact) mass is 373 g/mol. The molecule has 0 unspecified atom stereocenters. The molecule has 2 rings (SSSR count). The minimum absolute atomic E-state index is 0.385. The Morgan fingerprint density at radius 3 is 2.28 bits per heavy atom. The number of hydrogen-bond donors (Lipinski definition) is 2. The Morgan fingerprint density at radius 1 is 1.20 bits per heavy atom. The molecular weight excluding hydrogens is 338 g/mol. The highest BCUT2D eigenvalue weighted by atomic mass is 32.2. The van der Waals surface area contributed by atoms with E-state index in [1.165, 1.54) is 19.1 Å². The molecule has 2 N–H and O–H groups in total. The van der Waals surface area contributed by atoms with Crippen molar-refractivity contribution in [1.29, 1.82) is 0 Å². The summed E-state index contributed by atoms with van der Waals surface area (Å²) in [6.45, 7) is 5.99. The lowest BCUT2D eigenvalue weighted by molar-refractivity contribution is 0.0756. The lowest BCUT2D eigenvalue weighted by atomic mass is 9.80. The van der Waals surface area contributed by atoms with E-state index in [1.54, 1.807) is 7.05 Å². The van der Waals surface area contributed by atoms with Crippen molar-refractivity contribution in [3.8, 4) is 0 Å². The highest BCUT2D eigenvalue weighted by Crippen LogP contribution is 2.30. The molecule has 7 heteroatoms. The Bertz CT molecular complexity index is 546. The van der Waals surface area contributed by atoms with Crippen molar-refractivity contribution in [3.63, 3.8) is 0 Å². The lowest BCUT2D eigenvalue weighted by Gasteiger charge is -2.36. The largest absolute Gasteiger partial charge is 0.381 e. The van der Waals surface area contributed by atoms with Crippen LogP contribution in [0.1, 0.15) is 52.4 Å². The number of hydrogen-bond acceptors (Lipinski definition) is 4. The number of nitrogens with one attached hydrogen (secondary N) is 2. The van der Waals surface area contributed by atoms with Crippen LogP contribution in [0.2, 0.25) is 0 Å². The Hall–Kier alpha value is -0.820. The summed E-state index contributed by atoms with van der Waals surface area (Å²) in [6.07, 6.45) is 7.20. The minimum Gasteiger partial charge on any atom is -0.381 e. The van der Waals surface area contributed by atoms with E-state index in [2.05, 4.69) is 29.5 Å². The van der Waals surface area contributed by atoms with E-state index in [0.29, 0.717) is 44.6 Å². The zero-order valence-corrected chi connectivity index (χ0v) is 17.0. The molecule has 1 saturated carbocycles. The van der Waals surface area contributed by atoms with Crippen molar-refractivity contribution < 1.29 is 13.2 Å². The summed E-state index contributed by atoms with van der Waals surface area (Å²) < 4.78 is 29.3. The highest BCUT2D eigenvalue weighted by molar-refractivity contribution is 7.92. The summed E-state index contributed by atoms with van der Waals surface area (Å²) in [5, 5.41) is 6.76. The van der Waals surface area contributed by atoms with Crippen LogP contribution in [0.25, 0.3) is 0 Å². The summed E-state index contributed by atoms with van der Waals surface area (Å²) in [7, 11) is -1.42. The third kappa shape index (κ3) is 5.33. The molecule has 2 fully saturated rings. The van der Waals surface area contributed by atoms with Crippen molar-refractivity contribution in [2.45, 2.75) is 63.2 Å². The zero-order valence-electron chi connectivity index (χ0n) is 16.2. The molecule has 2 aliphatic rings.